The van der Waals surface area contributed by atoms with E-state index in [2.05, 4.69) is 26.6 Å². The normalized spacial score (nSPS) is 12.1. The SMILES string of the molecule is CN[C@@H](CCCCNC(=O)COCCOCCNC(=O)COCCOCCNC(=O)CNC(CC(=O)CCCCCCCCCCCCCCCCC(=O)O)C(=O)O)C(C)=O. The van der Waals surface area contributed by atoms with E-state index in [4.69, 9.17) is 24.1 Å². The lowest BCUT2D eigenvalue weighted by molar-refractivity contribution is -0.141. The number of Topliss-reactive ketones (excluding diaryl/α,β-unsaturated/α-hetero) is 2. The number of hydrogen-bond acceptors (Lipinski definition) is 13. The molecule has 61 heavy (non-hydrogen) atoms. The number of ketones is 2. The molecule has 1 unspecified atom stereocenters. The molecule has 7 N–H and O–H groups in total. The van der Waals surface area contributed by atoms with Crippen LogP contribution in [0.2, 0.25) is 0 Å². The zero-order chi connectivity index (χ0) is 45.2. The van der Waals surface area contributed by atoms with Crippen LogP contribution in [0.3, 0.4) is 0 Å². The van der Waals surface area contributed by atoms with Gasteiger partial charge in [-0.25, -0.2) is 0 Å². The first-order valence-corrected chi connectivity index (χ1v) is 22.4. The van der Waals surface area contributed by atoms with Gasteiger partial charge in [-0.15, -0.1) is 0 Å². The molecule has 18 nitrogen and oxygen atoms in total. The lowest BCUT2D eigenvalue weighted by atomic mass is 10.0. The molecule has 0 bridgehead atoms. The van der Waals surface area contributed by atoms with Gasteiger partial charge in [0.25, 0.3) is 0 Å². The average molecular weight is 874 g/mol. The van der Waals surface area contributed by atoms with Gasteiger partial charge in [-0.1, -0.05) is 77.0 Å². The lowest BCUT2D eigenvalue weighted by Gasteiger charge is -2.14. The van der Waals surface area contributed by atoms with E-state index in [0.717, 1.165) is 64.2 Å². The van der Waals surface area contributed by atoms with Crippen molar-refractivity contribution >= 4 is 41.2 Å². The Morgan fingerprint density at radius 3 is 1.39 bits per heavy atom. The topological polar surface area (TPSA) is 257 Å². The highest BCUT2D eigenvalue weighted by atomic mass is 16.5. The summed E-state index contributed by atoms with van der Waals surface area (Å²) in [5.74, 6) is -2.90. The molecule has 0 aromatic rings. The molecule has 0 spiro atoms. The van der Waals surface area contributed by atoms with E-state index < -0.39 is 23.9 Å². The smallest absolute Gasteiger partial charge is 0.321 e. The van der Waals surface area contributed by atoms with E-state index in [0.29, 0.717) is 13.0 Å². The van der Waals surface area contributed by atoms with Gasteiger partial charge in [0, 0.05) is 38.9 Å². The highest BCUT2D eigenvalue weighted by Crippen LogP contribution is 2.14. The maximum absolute atomic E-state index is 12.4. The van der Waals surface area contributed by atoms with Crippen molar-refractivity contribution in [2.24, 2.45) is 0 Å². The minimum absolute atomic E-state index is 0.0766. The molecular weight excluding hydrogens is 794 g/mol. The summed E-state index contributed by atoms with van der Waals surface area (Å²) in [6.45, 7) is 3.37. The van der Waals surface area contributed by atoms with Crippen molar-refractivity contribution in [2.45, 2.75) is 147 Å². The van der Waals surface area contributed by atoms with Crippen LogP contribution in [-0.2, 0) is 52.5 Å². The van der Waals surface area contributed by atoms with Crippen molar-refractivity contribution in [3.63, 3.8) is 0 Å². The minimum Gasteiger partial charge on any atom is -0.481 e. The summed E-state index contributed by atoms with van der Waals surface area (Å²) in [7, 11) is 1.75. The number of ether oxygens (including phenoxy) is 4. The van der Waals surface area contributed by atoms with Gasteiger partial charge >= 0.3 is 11.9 Å². The average Bonchev–Trinajstić information content (AvgIpc) is 3.22. The second-order valence-corrected chi connectivity index (χ2v) is 15.2. The molecule has 0 saturated carbocycles. The van der Waals surface area contributed by atoms with E-state index in [9.17, 15) is 38.7 Å². The molecule has 0 radical (unpaired) electrons. The van der Waals surface area contributed by atoms with Gasteiger partial charge in [-0.3, -0.25) is 38.9 Å². The van der Waals surface area contributed by atoms with E-state index in [1.54, 1.807) is 14.0 Å². The van der Waals surface area contributed by atoms with Crippen LogP contribution in [0.25, 0.3) is 0 Å². The summed E-state index contributed by atoms with van der Waals surface area (Å²) < 4.78 is 21.3. The first-order chi connectivity index (χ1) is 29.5. The fraction of sp³-hybridized carbons (Fsp3) is 0.837. The molecule has 0 aliphatic rings. The number of carboxylic acids is 2. The second-order valence-electron chi connectivity index (χ2n) is 15.2. The van der Waals surface area contributed by atoms with E-state index in [1.165, 1.54) is 44.9 Å². The standard InChI is InChI=1S/C43H79N5O13/c1-35(49)37(44-2)20-17-18-22-45-40(52)33-60-29-28-59-26-24-47-41(53)34-61-30-27-58-25-23-46-39(51)32-48-38(43(56)57)31-36(50)19-15-13-11-9-7-5-3-4-6-8-10-12-14-16-21-42(54)55/h37-38,44,48H,3-34H2,1-2H3,(H,45,52)(H,46,51)(H,47,53)(H,54,55)(H,56,57)/t37-,38?/m0/s1. The number of carboxylic acid groups (broad SMARTS) is 2. The third kappa shape index (κ3) is 40.3. The monoisotopic (exact) mass is 874 g/mol. The number of unbranched alkanes of at least 4 members (excludes halogenated alkanes) is 14. The Labute approximate surface area is 363 Å². The number of aliphatic carboxylic acids is 2. The van der Waals surface area contributed by atoms with Gasteiger partial charge in [0.1, 0.15) is 30.8 Å². The molecule has 0 aliphatic carbocycles. The molecule has 18 heteroatoms. The molecule has 0 aliphatic heterocycles. The number of likely N-dealkylation sites (N-methyl/N-ethyl adjacent to an activating group) is 1. The van der Waals surface area contributed by atoms with Crippen LogP contribution in [0.4, 0.5) is 0 Å². The molecular formula is C43H79N5O13. The summed E-state index contributed by atoms with van der Waals surface area (Å²) in [5.41, 5.74) is 0. The van der Waals surface area contributed by atoms with Gasteiger partial charge in [0.05, 0.1) is 52.2 Å². The fourth-order valence-corrected chi connectivity index (χ4v) is 6.22. The van der Waals surface area contributed by atoms with Crippen LogP contribution >= 0.6 is 0 Å². The number of carbonyl (C=O) groups excluding carboxylic acids is 5. The summed E-state index contributed by atoms with van der Waals surface area (Å²) in [6.07, 6.45) is 17.9. The molecule has 0 aromatic carbocycles. The lowest BCUT2D eigenvalue weighted by Crippen LogP contribution is -2.44. The third-order valence-corrected chi connectivity index (χ3v) is 9.76. The Kier molecular flexibility index (Phi) is 39.4. The largest absolute Gasteiger partial charge is 0.481 e. The summed E-state index contributed by atoms with van der Waals surface area (Å²) in [5, 5.41) is 31.8. The van der Waals surface area contributed by atoms with Crippen molar-refractivity contribution < 1.29 is 62.7 Å². The van der Waals surface area contributed by atoms with Crippen LogP contribution in [-0.4, -0.2) is 150 Å². The third-order valence-electron chi connectivity index (χ3n) is 9.76. The molecule has 0 fully saturated rings. The number of hydrogen-bond donors (Lipinski definition) is 7. The van der Waals surface area contributed by atoms with Crippen LogP contribution in [0, 0.1) is 0 Å². The summed E-state index contributed by atoms with van der Waals surface area (Å²) >= 11 is 0. The zero-order valence-electron chi connectivity index (χ0n) is 37.2. The number of rotatable bonds is 46. The quantitative estimate of drug-likeness (QED) is 0.0434. The maximum atomic E-state index is 12.4. The predicted molar refractivity (Wildman–Crippen MR) is 230 cm³/mol. The first kappa shape index (κ1) is 57.4. The van der Waals surface area contributed by atoms with E-state index in [1.807, 2.05) is 0 Å². The van der Waals surface area contributed by atoms with E-state index >= 15 is 0 Å². The Balaban J connectivity index is 3.65. The summed E-state index contributed by atoms with van der Waals surface area (Å²) in [6, 6.07) is -1.29. The van der Waals surface area contributed by atoms with Gasteiger partial charge in [-0.05, 0) is 46.1 Å². The number of amides is 3. The van der Waals surface area contributed by atoms with Crippen LogP contribution < -0.4 is 26.6 Å². The van der Waals surface area contributed by atoms with Crippen molar-refractivity contribution in [3.05, 3.63) is 0 Å². The molecule has 0 aromatic heterocycles. The molecule has 0 rings (SSSR count). The van der Waals surface area contributed by atoms with E-state index in [-0.39, 0.29) is 115 Å². The van der Waals surface area contributed by atoms with Crippen molar-refractivity contribution in [3.8, 4) is 0 Å². The zero-order valence-corrected chi connectivity index (χ0v) is 37.2. The first-order valence-electron chi connectivity index (χ1n) is 22.4. The predicted octanol–water partition coefficient (Wildman–Crippen LogP) is 3.08. The number of nitrogens with one attached hydrogen (secondary N) is 5. The van der Waals surface area contributed by atoms with Crippen LogP contribution in [0.15, 0.2) is 0 Å². The van der Waals surface area contributed by atoms with Crippen LogP contribution in [0.5, 0.6) is 0 Å². The Morgan fingerprint density at radius 2 is 0.934 bits per heavy atom. The number of carbonyl (C=O) groups is 7. The molecule has 2 atom stereocenters. The van der Waals surface area contributed by atoms with Gasteiger partial charge in [0.15, 0.2) is 0 Å². The Hall–Kier alpha value is -3.55. The molecule has 3 amide bonds. The highest BCUT2D eigenvalue weighted by molar-refractivity contribution is 5.86. The Bertz CT molecular complexity index is 1190. The highest BCUT2D eigenvalue weighted by Gasteiger charge is 2.21. The van der Waals surface area contributed by atoms with Crippen LogP contribution in [0.1, 0.15) is 135 Å². The maximum Gasteiger partial charge on any atom is 0.321 e. The molecule has 0 heterocycles. The second kappa shape index (κ2) is 41.8. The Morgan fingerprint density at radius 1 is 0.492 bits per heavy atom. The molecule has 0 saturated heterocycles. The van der Waals surface area contributed by atoms with Gasteiger partial charge < -0.3 is 50.4 Å². The minimum atomic E-state index is -1.18. The van der Waals surface area contributed by atoms with Crippen molar-refractivity contribution in [1.82, 2.24) is 26.6 Å². The van der Waals surface area contributed by atoms with Crippen molar-refractivity contribution in [2.75, 3.05) is 86.1 Å². The van der Waals surface area contributed by atoms with Crippen molar-refractivity contribution in [1.29, 1.82) is 0 Å². The van der Waals surface area contributed by atoms with Gasteiger partial charge in [-0.2, -0.15) is 0 Å². The molecule has 354 valence electrons. The summed E-state index contributed by atoms with van der Waals surface area (Å²) in [4.78, 5) is 81.8. The fourth-order valence-electron chi connectivity index (χ4n) is 6.22. The van der Waals surface area contributed by atoms with Gasteiger partial charge in [0.2, 0.25) is 17.7 Å².